The van der Waals surface area contributed by atoms with E-state index in [0.717, 1.165) is 16.1 Å². The number of rotatable bonds is 8. The molecule has 1 aromatic carbocycles. The average molecular weight is 363 g/mol. The first-order valence-electron chi connectivity index (χ1n) is 7.97. The summed E-state index contributed by atoms with van der Waals surface area (Å²) < 4.78 is 10.4. The summed E-state index contributed by atoms with van der Waals surface area (Å²) in [6, 6.07) is 11.5. The van der Waals surface area contributed by atoms with Crippen LogP contribution in [0.5, 0.6) is 5.88 Å². The van der Waals surface area contributed by atoms with Crippen molar-refractivity contribution < 1.29 is 9.47 Å². The summed E-state index contributed by atoms with van der Waals surface area (Å²) in [6.45, 7) is 2.28. The van der Waals surface area contributed by atoms with E-state index >= 15 is 0 Å². The zero-order valence-corrected chi connectivity index (χ0v) is 15.2. The Morgan fingerprint density at radius 3 is 2.56 bits per heavy atom. The number of hydrogen-bond donors (Lipinski definition) is 2. The van der Waals surface area contributed by atoms with E-state index in [1.807, 2.05) is 36.4 Å². The molecule has 0 aliphatic heterocycles. The molecule has 0 spiro atoms. The lowest BCUT2D eigenvalue weighted by atomic mass is 10.2. The maximum atomic E-state index is 5.99. The summed E-state index contributed by atoms with van der Waals surface area (Å²) in [5.41, 5.74) is 2.12. The molecule has 0 fully saturated rings. The van der Waals surface area contributed by atoms with Gasteiger partial charge in [0.25, 0.3) is 0 Å². The van der Waals surface area contributed by atoms with E-state index in [-0.39, 0.29) is 0 Å². The number of ether oxygens (including phenoxy) is 2. The van der Waals surface area contributed by atoms with Gasteiger partial charge in [0, 0.05) is 44.5 Å². The topological polar surface area (TPSA) is 67.8 Å². The quantitative estimate of drug-likeness (QED) is 0.429. The molecular formula is C18H23ClN4O2. The maximum absolute atomic E-state index is 5.99. The van der Waals surface area contributed by atoms with Gasteiger partial charge in [-0.25, -0.2) is 4.98 Å². The molecule has 0 aliphatic rings. The Hall–Kier alpha value is -2.31. The third-order valence-electron chi connectivity index (χ3n) is 3.37. The summed E-state index contributed by atoms with van der Waals surface area (Å²) in [5, 5.41) is 7.22. The van der Waals surface area contributed by atoms with E-state index in [1.165, 1.54) is 0 Å². The van der Waals surface area contributed by atoms with Crippen LogP contribution >= 0.6 is 11.6 Å². The van der Waals surface area contributed by atoms with Crippen molar-refractivity contribution in [1.82, 2.24) is 15.6 Å². The number of pyridine rings is 1. The number of aliphatic imine (C=N–C) groups is 1. The van der Waals surface area contributed by atoms with Gasteiger partial charge in [-0.3, -0.25) is 4.99 Å². The van der Waals surface area contributed by atoms with Gasteiger partial charge < -0.3 is 20.1 Å². The predicted octanol–water partition coefficient (Wildman–Crippen LogP) is 2.63. The number of methoxy groups -OCH3 is 1. The highest BCUT2D eigenvalue weighted by molar-refractivity contribution is 6.30. The average Bonchev–Trinajstić information content (AvgIpc) is 2.63. The van der Waals surface area contributed by atoms with Gasteiger partial charge in [-0.1, -0.05) is 29.8 Å². The van der Waals surface area contributed by atoms with Gasteiger partial charge in [-0.15, -0.1) is 0 Å². The molecule has 1 heterocycles. The number of hydrogen-bond acceptors (Lipinski definition) is 4. The van der Waals surface area contributed by atoms with Crippen molar-refractivity contribution in [1.29, 1.82) is 0 Å². The van der Waals surface area contributed by atoms with Crippen molar-refractivity contribution in [3.63, 3.8) is 0 Å². The second-order valence-electron chi connectivity index (χ2n) is 5.26. The summed E-state index contributed by atoms with van der Waals surface area (Å²) in [7, 11) is 3.37. The largest absolute Gasteiger partial charge is 0.475 e. The van der Waals surface area contributed by atoms with Crippen molar-refractivity contribution in [2.75, 3.05) is 27.4 Å². The third kappa shape index (κ3) is 6.99. The van der Waals surface area contributed by atoms with Gasteiger partial charge in [0.05, 0.1) is 6.61 Å². The van der Waals surface area contributed by atoms with E-state index in [2.05, 4.69) is 20.6 Å². The van der Waals surface area contributed by atoms with Gasteiger partial charge in [0.2, 0.25) is 5.88 Å². The molecule has 0 bridgehead atoms. The Morgan fingerprint density at radius 2 is 1.92 bits per heavy atom. The Labute approximate surface area is 153 Å². The van der Waals surface area contributed by atoms with Crippen LogP contribution < -0.4 is 15.4 Å². The number of aromatic nitrogens is 1. The molecule has 7 heteroatoms. The normalized spacial score (nSPS) is 11.2. The van der Waals surface area contributed by atoms with Crippen LogP contribution in [-0.4, -0.2) is 38.3 Å². The van der Waals surface area contributed by atoms with E-state index < -0.39 is 0 Å². The lowest BCUT2D eigenvalue weighted by Gasteiger charge is -2.12. The predicted molar refractivity (Wildman–Crippen MR) is 100 cm³/mol. The number of benzene rings is 1. The molecule has 2 N–H and O–H groups in total. The van der Waals surface area contributed by atoms with Crippen molar-refractivity contribution in [2.45, 2.75) is 13.1 Å². The zero-order valence-electron chi connectivity index (χ0n) is 14.5. The molecule has 0 aliphatic carbocycles. The van der Waals surface area contributed by atoms with Crippen molar-refractivity contribution in [3.05, 3.63) is 58.7 Å². The molecule has 0 saturated carbocycles. The zero-order chi connectivity index (χ0) is 17.9. The first-order chi connectivity index (χ1) is 12.2. The molecule has 0 amide bonds. The monoisotopic (exact) mass is 362 g/mol. The summed E-state index contributed by atoms with van der Waals surface area (Å²) >= 11 is 5.99. The van der Waals surface area contributed by atoms with Crippen molar-refractivity contribution in [3.8, 4) is 5.88 Å². The fourth-order valence-electron chi connectivity index (χ4n) is 2.07. The Balaban J connectivity index is 1.78. The van der Waals surface area contributed by atoms with Gasteiger partial charge >= 0.3 is 0 Å². The number of guanidine groups is 1. The summed E-state index contributed by atoms with van der Waals surface area (Å²) in [6.07, 6.45) is 1.78. The second kappa shape index (κ2) is 10.5. The Bertz CT molecular complexity index is 677. The van der Waals surface area contributed by atoms with Crippen molar-refractivity contribution >= 4 is 17.6 Å². The molecule has 0 saturated heterocycles. The van der Waals surface area contributed by atoms with Gasteiger partial charge in [-0.2, -0.15) is 0 Å². The molecule has 134 valence electrons. The molecule has 0 atom stereocenters. The SMILES string of the molecule is CN=C(NCc1ccc(OCCOC)nc1)NCc1cccc(Cl)c1. The van der Waals surface area contributed by atoms with Crippen LogP contribution in [0.25, 0.3) is 0 Å². The van der Waals surface area contributed by atoms with Crippen LogP contribution in [-0.2, 0) is 17.8 Å². The number of halogens is 1. The molecule has 1 aromatic heterocycles. The fraction of sp³-hybridized carbons (Fsp3) is 0.333. The van der Waals surface area contributed by atoms with E-state index in [9.17, 15) is 0 Å². The smallest absolute Gasteiger partial charge is 0.213 e. The summed E-state index contributed by atoms with van der Waals surface area (Å²) in [4.78, 5) is 8.48. The number of nitrogens with zero attached hydrogens (tertiary/aromatic N) is 2. The molecule has 2 aromatic rings. The van der Waals surface area contributed by atoms with Crippen LogP contribution in [0.4, 0.5) is 0 Å². The van der Waals surface area contributed by atoms with Crippen LogP contribution in [0.2, 0.25) is 5.02 Å². The van der Waals surface area contributed by atoms with E-state index in [4.69, 9.17) is 21.1 Å². The first-order valence-corrected chi connectivity index (χ1v) is 8.34. The Morgan fingerprint density at radius 1 is 1.12 bits per heavy atom. The van der Waals surface area contributed by atoms with E-state index in [1.54, 1.807) is 20.4 Å². The minimum Gasteiger partial charge on any atom is -0.475 e. The van der Waals surface area contributed by atoms with Crippen LogP contribution in [0.3, 0.4) is 0 Å². The van der Waals surface area contributed by atoms with Crippen LogP contribution in [0.15, 0.2) is 47.6 Å². The Kier molecular flexibility index (Phi) is 8.01. The minimum absolute atomic E-state index is 0.487. The minimum atomic E-state index is 0.487. The highest BCUT2D eigenvalue weighted by Crippen LogP contribution is 2.10. The molecule has 0 radical (unpaired) electrons. The first kappa shape index (κ1) is 19.0. The number of nitrogens with one attached hydrogen (secondary N) is 2. The van der Waals surface area contributed by atoms with Crippen LogP contribution in [0, 0.1) is 0 Å². The lowest BCUT2D eigenvalue weighted by Crippen LogP contribution is -2.36. The molecule has 6 nitrogen and oxygen atoms in total. The highest BCUT2D eigenvalue weighted by atomic mass is 35.5. The van der Waals surface area contributed by atoms with Crippen molar-refractivity contribution in [2.24, 2.45) is 4.99 Å². The van der Waals surface area contributed by atoms with Gasteiger partial charge in [-0.05, 0) is 23.3 Å². The lowest BCUT2D eigenvalue weighted by molar-refractivity contribution is 0.143. The fourth-order valence-corrected chi connectivity index (χ4v) is 2.28. The van der Waals surface area contributed by atoms with Crippen LogP contribution in [0.1, 0.15) is 11.1 Å². The maximum Gasteiger partial charge on any atom is 0.213 e. The standard InChI is InChI=1S/C18H23ClN4O2/c1-20-18(22-11-14-4-3-5-16(19)10-14)23-13-15-6-7-17(21-12-15)25-9-8-24-2/h3-7,10,12H,8-9,11,13H2,1-2H3,(H2,20,22,23). The van der Waals surface area contributed by atoms with Gasteiger partial charge in [0.15, 0.2) is 5.96 Å². The molecule has 2 rings (SSSR count). The second-order valence-corrected chi connectivity index (χ2v) is 5.69. The highest BCUT2D eigenvalue weighted by Gasteiger charge is 2.01. The van der Waals surface area contributed by atoms with E-state index in [0.29, 0.717) is 38.1 Å². The van der Waals surface area contributed by atoms with Gasteiger partial charge in [0.1, 0.15) is 6.61 Å². The molecule has 25 heavy (non-hydrogen) atoms. The molecule has 0 unspecified atom stereocenters. The summed E-state index contributed by atoms with van der Waals surface area (Å²) in [5.74, 6) is 1.30. The third-order valence-corrected chi connectivity index (χ3v) is 3.60. The molecular weight excluding hydrogens is 340 g/mol.